The lowest BCUT2D eigenvalue weighted by molar-refractivity contribution is 0.204. The fraction of sp³-hybridized carbons (Fsp3) is 0.727. The van der Waals surface area contributed by atoms with Gasteiger partial charge in [-0.05, 0) is 25.8 Å². The lowest BCUT2D eigenvalue weighted by Crippen LogP contribution is -2.34. The van der Waals surface area contributed by atoms with E-state index in [1.54, 1.807) is 0 Å². The molecular formula is C11H18ClN3. The van der Waals surface area contributed by atoms with E-state index in [0.29, 0.717) is 5.38 Å². The van der Waals surface area contributed by atoms with Gasteiger partial charge in [0.15, 0.2) is 0 Å². The highest BCUT2D eigenvalue weighted by Crippen LogP contribution is 2.32. The van der Waals surface area contributed by atoms with Gasteiger partial charge in [0.05, 0.1) is 6.20 Å². The Morgan fingerprint density at radius 3 is 2.87 bits per heavy atom. The number of hydrogen-bond donors (Lipinski definition) is 0. The molecule has 0 unspecified atom stereocenters. The molecule has 1 fully saturated rings. The molecule has 1 aliphatic rings. The van der Waals surface area contributed by atoms with E-state index in [4.69, 9.17) is 11.6 Å². The van der Waals surface area contributed by atoms with Gasteiger partial charge in [0.2, 0.25) is 0 Å². The van der Waals surface area contributed by atoms with Crippen LogP contribution in [0.15, 0.2) is 12.4 Å². The van der Waals surface area contributed by atoms with Crippen molar-refractivity contribution in [1.29, 1.82) is 0 Å². The third-order valence-corrected chi connectivity index (χ3v) is 3.32. The molecule has 0 N–H and O–H groups in total. The van der Waals surface area contributed by atoms with Crippen LogP contribution in [0.2, 0.25) is 0 Å². The van der Waals surface area contributed by atoms with Crippen molar-refractivity contribution < 1.29 is 0 Å². The third kappa shape index (κ3) is 2.95. The summed E-state index contributed by atoms with van der Waals surface area (Å²) in [6, 6.07) is 0. The molecule has 84 valence electrons. The molecule has 1 heterocycles. The maximum atomic E-state index is 5.96. The highest BCUT2D eigenvalue weighted by molar-refractivity contribution is 6.21. The molecule has 0 bridgehead atoms. The summed E-state index contributed by atoms with van der Waals surface area (Å²) >= 11 is 5.96. The number of rotatable bonds is 4. The monoisotopic (exact) mass is 227 g/mol. The zero-order valence-corrected chi connectivity index (χ0v) is 10.1. The maximum absolute atomic E-state index is 5.96. The standard InChI is InChI=1S/C11H18ClN3/c1-14(6-9-3-11(12)4-9)7-10-5-13-15(2)8-10/h5,8-9,11H,3-4,6-7H2,1-2H3. The Morgan fingerprint density at radius 2 is 2.33 bits per heavy atom. The van der Waals surface area contributed by atoms with Gasteiger partial charge < -0.3 is 4.90 Å². The highest BCUT2D eigenvalue weighted by atomic mass is 35.5. The first kappa shape index (κ1) is 11.0. The second-order valence-corrected chi connectivity index (χ2v) is 5.27. The summed E-state index contributed by atoms with van der Waals surface area (Å²) in [5.41, 5.74) is 1.28. The number of aromatic nitrogens is 2. The minimum atomic E-state index is 0.432. The predicted molar refractivity (Wildman–Crippen MR) is 61.9 cm³/mol. The Labute approximate surface area is 96.0 Å². The summed E-state index contributed by atoms with van der Waals surface area (Å²) in [6.07, 6.45) is 6.36. The van der Waals surface area contributed by atoms with Gasteiger partial charge in [0.25, 0.3) is 0 Å². The largest absolute Gasteiger partial charge is 0.302 e. The quantitative estimate of drug-likeness (QED) is 0.733. The molecule has 0 amide bonds. The zero-order chi connectivity index (χ0) is 10.8. The van der Waals surface area contributed by atoms with Crippen molar-refractivity contribution in [1.82, 2.24) is 14.7 Å². The van der Waals surface area contributed by atoms with Gasteiger partial charge in [0.1, 0.15) is 0 Å². The molecule has 0 aliphatic heterocycles. The minimum absolute atomic E-state index is 0.432. The first-order chi connectivity index (χ1) is 7.13. The van der Waals surface area contributed by atoms with Crippen molar-refractivity contribution in [3.8, 4) is 0 Å². The lowest BCUT2D eigenvalue weighted by Gasteiger charge is -2.34. The van der Waals surface area contributed by atoms with Gasteiger partial charge in [-0.3, -0.25) is 4.68 Å². The molecule has 2 rings (SSSR count). The van der Waals surface area contributed by atoms with Gasteiger partial charge in [0, 0.05) is 37.3 Å². The topological polar surface area (TPSA) is 21.1 Å². The van der Waals surface area contributed by atoms with E-state index in [1.807, 2.05) is 17.9 Å². The van der Waals surface area contributed by atoms with Crippen LogP contribution in [0, 0.1) is 5.92 Å². The van der Waals surface area contributed by atoms with Crippen LogP contribution >= 0.6 is 11.6 Å². The van der Waals surface area contributed by atoms with E-state index in [0.717, 1.165) is 19.0 Å². The Kier molecular flexibility index (Phi) is 3.32. The van der Waals surface area contributed by atoms with Gasteiger partial charge in [-0.15, -0.1) is 11.6 Å². The summed E-state index contributed by atoms with van der Waals surface area (Å²) in [6.45, 7) is 2.13. The molecule has 0 atom stereocenters. The molecular weight excluding hydrogens is 210 g/mol. The molecule has 4 heteroatoms. The van der Waals surface area contributed by atoms with Crippen LogP contribution in [-0.2, 0) is 13.6 Å². The van der Waals surface area contributed by atoms with Crippen molar-refractivity contribution in [2.75, 3.05) is 13.6 Å². The lowest BCUT2D eigenvalue weighted by atomic mass is 9.84. The number of alkyl halides is 1. The highest BCUT2D eigenvalue weighted by Gasteiger charge is 2.27. The van der Waals surface area contributed by atoms with E-state index in [-0.39, 0.29) is 0 Å². The molecule has 1 aromatic heterocycles. The summed E-state index contributed by atoms with van der Waals surface area (Å²) in [5.74, 6) is 0.800. The normalized spacial score (nSPS) is 25.6. The minimum Gasteiger partial charge on any atom is -0.302 e. The molecule has 3 nitrogen and oxygen atoms in total. The fourth-order valence-electron chi connectivity index (χ4n) is 2.17. The van der Waals surface area contributed by atoms with Crippen LogP contribution in [0.5, 0.6) is 0 Å². The predicted octanol–water partition coefficient (Wildman–Crippen LogP) is 1.87. The second-order valence-electron chi connectivity index (χ2n) is 4.65. The van der Waals surface area contributed by atoms with Crippen molar-refractivity contribution in [2.45, 2.75) is 24.8 Å². The van der Waals surface area contributed by atoms with Crippen molar-refractivity contribution in [3.05, 3.63) is 18.0 Å². The van der Waals surface area contributed by atoms with E-state index in [2.05, 4.69) is 23.2 Å². The van der Waals surface area contributed by atoms with Gasteiger partial charge in [-0.2, -0.15) is 5.10 Å². The molecule has 0 spiro atoms. The van der Waals surface area contributed by atoms with Crippen LogP contribution in [0.1, 0.15) is 18.4 Å². The SMILES string of the molecule is CN(Cc1cnn(C)c1)CC1CC(Cl)C1. The zero-order valence-electron chi connectivity index (χ0n) is 9.36. The van der Waals surface area contributed by atoms with Gasteiger partial charge in [-0.1, -0.05) is 0 Å². The number of hydrogen-bond acceptors (Lipinski definition) is 2. The average molecular weight is 228 g/mol. The van der Waals surface area contributed by atoms with E-state index in [1.165, 1.54) is 18.4 Å². The summed E-state index contributed by atoms with van der Waals surface area (Å²) < 4.78 is 1.85. The Balaban J connectivity index is 1.75. The van der Waals surface area contributed by atoms with E-state index in [9.17, 15) is 0 Å². The molecule has 1 aromatic rings. The summed E-state index contributed by atoms with van der Waals surface area (Å²) in [7, 11) is 4.11. The molecule has 1 saturated carbocycles. The first-order valence-corrected chi connectivity index (χ1v) is 5.87. The third-order valence-electron chi connectivity index (χ3n) is 2.96. The molecule has 0 saturated heterocycles. The Bertz CT molecular complexity index is 317. The maximum Gasteiger partial charge on any atom is 0.0534 e. The second kappa shape index (κ2) is 4.54. The van der Waals surface area contributed by atoms with Crippen LogP contribution in [0.25, 0.3) is 0 Å². The Hall–Kier alpha value is -0.540. The first-order valence-electron chi connectivity index (χ1n) is 5.43. The molecule has 0 radical (unpaired) electrons. The number of aryl methyl sites for hydroxylation is 1. The smallest absolute Gasteiger partial charge is 0.0534 e. The Morgan fingerprint density at radius 1 is 1.60 bits per heavy atom. The van der Waals surface area contributed by atoms with Gasteiger partial charge in [-0.25, -0.2) is 0 Å². The van der Waals surface area contributed by atoms with E-state index < -0.39 is 0 Å². The average Bonchev–Trinajstić information content (AvgIpc) is 2.48. The molecule has 1 aliphatic carbocycles. The van der Waals surface area contributed by atoms with Crippen LogP contribution in [-0.4, -0.2) is 33.6 Å². The van der Waals surface area contributed by atoms with Crippen LogP contribution in [0.3, 0.4) is 0 Å². The van der Waals surface area contributed by atoms with Crippen molar-refractivity contribution in [2.24, 2.45) is 13.0 Å². The molecule has 15 heavy (non-hydrogen) atoms. The van der Waals surface area contributed by atoms with Crippen molar-refractivity contribution >= 4 is 11.6 Å². The van der Waals surface area contributed by atoms with Crippen LogP contribution < -0.4 is 0 Å². The van der Waals surface area contributed by atoms with Gasteiger partial charge >= 0.3 is 0 Å². The molecule has 0 aromatic carbocycles. The van der Waals surface area contributed by atoms with Crippen LogP contribution in [0.4, 0.5) is 0 Å². The fourth-order valence-corrected chi connectivity index (χ4v) is 2.68. The summed E-state index contributed by atoms with van der Waals surface area (Å²) in [4.78, 5) is 2.35. The van der Waals surface area contributed by atoms with E-state index >= 15 is 0 Å². The number of halogens is 1. The van der Waals surface area contributed by atoms with Crippen molar-refractivity contribution in [3.63, 3.8) is 0 Å². The summed E-state index contributed by atoms with van der Waals surface area (Å²) in [5, 5.41) is 4.60. The number of nitrogens with zero attached hydrogens (tertiary/aromatic N) is 3.